The van der Waals surface area contributed by atoms with Crippen LogP contribution in [0.2, 0.25) is 5.02 Å². The molecule has 2 aromatic carbocycles. The Labute approximate surface area is 133 Å². The molecule has 0 bridgehead atoms. The van der Waals surface area contributed by atoms with E-state index in [1.54, 1.807) is 6.33 Å². The minimum absolute atomic E-state index is 0.0504. The number of nitrogens with zero attached hydrogens (tertiary/aromatic N) is 2. The molecule has 0 aliphatic rings. The van der Waals surface area contributed by atoms with Gasteiger partial charge in [0.25, 0.3) is 0 Å². The lowest BCUT2D eigenvalue weighted by Crippen LogP contribution is -2.29. The second-order valence-electron chi connectivity index (χ2n) is 5.20. The standard InChI is InChI=1S/C17H16ClN3O/c1-12(13-6-8-14(18)9-7-13)20-17(22)10-21-11-19-15-4-2-3-5-16(15)21/h2-9,11-12H,10H2,1H3,(H,20,22). The second-order valence-corrected chi connectivity index (χ2v) is 5.64. The molecule has 1 aromatic heterocycles. The van der Waals surface area contributed by atoms with Gasteiger partial charge in [0.1, 0.15) is 6.54 Å². The molecule has 1 N–H and O–H groups in total. The number of carbonyl (C=O) groups excluding carboxylic acids is 1. The van der Waals surface area contributed by atoms with E-state index in [4.69, 9.17) is 11.6 Å². The molecule has 0 spiro atoms. The molecular weight excluding hydrogens is 298 g/mol. The first-order valence-corrected chi connectivity index (χ1v) is 7.46. The normalized spacial score (nSPS) is 12.3. The van der Waals surface area contributed by atoms with Crippen LogP contribution in [0, 0.1) is 0 Å². The third-order valence-corrected chi connectivity index (χ3v) is 3.84. The highest BCUT2D eigenvalue weighted by Crippen LogP contribution is 2.16. The number of halogens is 1. The van der Waals surface area contributed by atoms with Gasteiger partial charge in [0.05, 0.1) is 23.4 Å². The van der Waals surface area contributed by atoms with Gasteiger partial charge in [-0.05, 0) is 36.8 Å². The lowest BCUT2D eigenvalue weighted by molar-refractivity contribution is -0.122. The third kappa shape index (κ3) is 3.12. The Balaban J connectivity index is 1.68. The summed E-state index contributed by atoms with van der Waals surface area (Å²) in [5.74, 6) is -0.0504. The zero-order valence-corrected chi connectivity index (χ0v) is 12.9. The number of rotatable bonds is 4. The van der Waals surface area contributed by atoms with Gasteiger partial charge in [0.2, 0.25) is 5.91 Å². The highest BCUT2D eigenvalue weighted by Gasteiger charge is 2.11. The Kier molecular flexibility index (Phi) is 4.11. The van der Waals surface area contributed by atoms with Crippen LogP contribution in [-0.4, -0.2) is 15.5 Å². The number of imidazole rings is 1. The molecule has 22 heavy (non-hydrogen) atoms. The summed E-state index contributed by atoms with van der Waals surface area (Å²) in [6, 6.07) is 15.2. The summed E-state index contributed by atoms with van der Waals surface area (Å²) >= 11 is 5.87. The van der Waals surface area contributed by atoms with Crippen LogP contribution in [0.3, 0.4) is 0 Å². The number of aromatic nitrogens is 2. The molecule has 1 heterocycles. The number of carbonyl (C=O) groups is 1. The van der Waals surface area contributed by atoms with Gasteiger partial charge in [-0.3, -0.25) is 4.79 Å². The summed E-state index contributed by atoms with van der Waals surface area (Å²) in [6.07, 6.45) is 1.69. The summed E-state index contributed by atoms with van der Waals surface area (Å²) in [5, 5.41) is 3.68. The molecule has 1 atom stereocenters. The fraction of sp³-hybridized carbons (Fsp3) is 0.176. The van der Waals surface area contributed by atoms with Gasteiger partial charge >= 0.3 is 0 Å². The van der Waals surface area contributed by atoms with Crippen molar-refractivity contribution in [1.82, 2.24) is 14.9 Å². The maximum atomic E-state index is 12.2. The zero-order valence-electron chi connectivity index (χ0n) is 12.2. The first-order chi connectivity index (χ1) is 10.6. The van der Waals surface area contributed by atoms with Crippen molar-refractivity contribution in [3.8, 4) is 0 Å². The average Bonchev–Trinajstić information content (AvgIpc) is 2.91. The van der Waals surface area contributed by atoms with E-state index in [0.29, 0.717) is 5.02 Å². The Morgan fingerprint density at radius 3 is 2.73 bits per heavy atom. The van der Waals surface area contributed by atoms with Crippen molar-refractivity contribution in [3.05, 3.63) is 65.4 Å². The molecule has 0 aliphatic carbocycles. The summed E-state index contributed by atoms with van der Waals surface area (Å²) in [5.41, 5.74) is 2.87. The molecule has 4 nitrogen and oxygen atoms in total. The van der Waals surface area contributed by atoms with Crippen molar-refractivity contribution in [2.24, 2.45) is 0 Å². The van der Waals surface area contributed by atoms with E-state index in [9.17, 15) is 4.79 Å². The van der Waals surface area contributed by atoms with Crippen molar-refractivity contribution >= 4 is 28.5 Å². The summed E-state index contributed by atoms with van der Waals surface area (Å²) in [6.45, 7) is 2.20. The number of hydrogen-bond acceptors (Lipinski definition) is 2. The highest BCUT2D eigenvalue weighted by molar-refractivity contribution is 6.30. The van der Waals surface area contributed by atoms with E-state index in [1.165, 1.54) is 0 Å². The molecule has 5 heteroatoms. The van der Waals surface area contributed by atoms with Gasteiger partial charge in [-0.2, -0.15) is 0 Å². The Bertz CT molecular complexity index is 795. The molecular formula is C17H16ClN3O. The lowest BCUT2D eigenvalue weighted by atomic mass is 10.1. The van der Waals surface area contributed by atoms with Crippen LogP contribution in [0.5, 0.6) is 0 Å². The topological polar surface area (TPSA) is 46.9 Å². The van der Waals surface area contributed by atoms with Crippen molar-refractivity contribution in [2.45, 2.75) is 19.5 Å². The molecule has 0 aliphatic heterocycles. The minimum atomic E-state index is -0.0699. The van der Waals surface area contributed by atoms with Gasteiger partial charge in [0.15, 0.2) is 0 Å². The fourth-order valence-corrected chi connectivity index (χ4v) is 2.54. The molecule has 0 fully saturated rings. The quantitative estimate of drug-likeness (QED) is 0.800. The number of para-hydroxylation sites is 2. The smallest absolute Gasteiger partial charge is 0.240 e. The number of benzene rings is 2. The van der Waals surface area contributed by atoms with E-state index >= 15 is 0 Å². The summed E-state index contributed by atoms with van der Waals surface area (Å²) < 4.78 is 1.85. The molecule has 0 saturated heterocycles. The van der Waals surface area contributed by atoms with Crippen LogP contribution in [-0.2, 0) is 11.3 Å². The molecule has 1 amide bonds. The first-order valence-electron chi connectivity index (χ1n) is 7.08. The van der Waals surface area contributed by atoms with E-state index in [-0.39, 0.29) is 18.5 Å². The largest absolute Gasteiger partial charge is 0.348 e. The Hall–Kier alpha value is -2.33. The van der Waals surface area contributed by atoms with Crippen LogP contribution in [0.1, 0.15) is 18.5 Å². The zero-order chi connectivity index (χ0) is 15.5. The summed E-state index contributed by atoms with van der Waals surface area (Å²) in [4.78, 5) is 16.5. The maximum absolute atomic E-state index is 12.2. The van der Waals surface area contributed by atoms with Gasteiger partial charge < -0.3 is 9.88 Å². The van der Waals surface area contributed by atoms with Crippen LogP contribution in [0.4, 0.5) is 0 Å². The fourth-order valence-electron chi connectivity index (χ4n) is 2.41. The monoisotopic (exact) mass is 313 g/mol. The predicted molar refractivity (Wildman–Crippen MR) is 87.7 cm³/mol. The number of hydrogen-bond donors (Lipinski definition) is 1. The average molecular weight is 314 g/mol. The Morgan fingerprint density at radius 1 is 1.23 bits per heavy atom. The van der Waals surface area contributed by atoms with E-state index in [1.807, 2.05) is 60.0 Å². The van der Waals surface area contributed by atoms with Crippen molar-refractivity contribution in [1.29, 1.82) is 0 Å². The molecule has 3 aromatic rings. The van der Waals surface area contributed by atoms with Gasteiger partial charge in [0, 0.05) is 5.02 Å². The Morgan fingerprint density at radius 2 is 1.95 bits per heavy atom. The van der Waals surface area contributed by atoms with Crippen molar-refractivity contribution in [2.75, 3.05) is 0 Å². The van der Waals surface area contributed by atoms with Crippen LogP contribution in [0.25, 0.3) is 11.0 Å². The van der Waals surface area contributed by atoms with Crippen LogP contribution < -0.4 is 5.32 Å². The highest BCUT2D eigenvalue weighted by atomic mass is 35.5. The lowest BCUT2D eigenvalue weighted by Gasteiger charge is -2.15. The number of nitrogens with one attached hydrogen (secondary N) is 1. The molecule has 112 valence electrons. The van der Waals surface area contributed by atoms with Crippen LogP contribution in [0.15, 0.2) is 54.9 Å². The molecule has 0 radical (unpaired) electrons. The first kappa shape index (κ1) is 14.6. The minimum Gasteiger partial charge on any atom is -0.348 e. The predicted octanol–water partition coefficient (Wildman–Crippen LogP) is 3.57. The number of fused-ring (bicyclic) bond motifs is 1. The molecule has 3 rings (SSSR count). The maximum Gasteiger partial charge on any atom is 0.240 e. The van der Waals surface area contributed by atoms with E-state index in [0.717, 1.165) is 16.6 Å². The van der Waals surface area contributed by atoms with Crippen LogP contribution >= 0.6 is 11.6 Å². The molecule has 1 unspecified atom stereocenters. The third-order valence-electron chi connectivity index (χ3n) is 3.59. The van der Waals surface area contributed by atoms with E-state index < -0.39 is 0 Å². The van der Waals surface area contributed by atoms with Gasteiger partial charge in [-0.1, -0.05) is 35.9 Å². The SMILES string of the molecule is CC(NC(=O)Cn1cnc2ccccc21)c1ccc(Cl)cc1. The van der Waals surface area contributed by atoms with E-state index in [2.05, 4.69) is 10.3 Å². The van der Waals surface area contributed by atoms with Crippen molar-refractivity contribution in [3.63, 3.8) is 0 Å². The second kappa shape index (κ2) is 6.20. The molecule has 0 saturated carbocycles. The van der Waals surface area contributed by atoms with Gasteiger partial charge in [-0.25, -0.2) is 4.98 Å². The summed E-state index contributed by atoms with van der Waals surface area (Å²) in [7, 11) is 0. The number of amides is 1. The van der Waals surface area contributed by atoms with Gasteiger partial charge in [-0.15, -0.1) is 0 Å². The van der Waals surface area contributed by atoms with Crippen molar-refractivity contribution < 1.29 is 4.79 Å².